The predicted molar refractivity (Wildman–Crippen MR) is 132 cm³/mol. The molecule has 1 saturated heterocycles. The molecule has 0 unspecified atom stereocenters. The van der Waals surface area contributed by atoms with Gasteiger partial charge in [-0.15, -0.1) is 0 Å². The second-order valence-corrected chi connectivity index (χ2v) is 9.19. The lowest BCUT2D eigenvalue weighted by Gasteiger charge is -2.31. The minimum atomic E-state index is -1.09. The Morgan fingerprint density at radius 2 is 2.03 bits per heavy atom. The molecule has 0 amide bonds. The summed E-state index contributed by atoms with van der Waals surface area (Å²) >= 11 is 0. The number of carbonyl (C=O) groups is 1. The third-order valence-electron chi connectivity index (χ3n) is 6.85. The Balaban J connectivity index is 1.18. The third-order valence-corrected chi connectivity index (χ3v) is 6.85. The molecule has 1 aliphatic rings. The van der Waals surface area contributed by atoms with Crippen LogP contribution in [0.2, 0.25) is 0 Å². The van der Waals surface area contributed by atoms with Gasteiger partial charge in [0.1, 0.15) is 17.9 Å². The van der Waals surface area contributed by atoms with E-state index in [1.165, 1.54) is 6.07 Å². The van der Waals surface area contributed by atoms with Crippen molar-refractivity contribution in [3.8, 4) is 11.9 Å². The summed E-state index contributed by atoms with van der Waals surface area (Å²) in [7, 11) is 1.88. The molecule has 0 atom stereocenters. The van der Waals surface area contributed by atoms with E-state index in [1.54, 1.807) is 6.07 Å². The number of rotatable bonds is 7. The maximum absolute atomic E-state index is 11.1. The molecule has 0 radical (unpaired) electrons. The average Bonchev–Trinajstić information content (AvgIpc) is 3.43. The van der Waals surface area contributed by atoms with E-state index >= 15 is 0 Å². The molecule has 3 aromatic heterocycles. The van der Waals surface area contributed by atoms with Crippen LogP contribution in [-0.2, 0) is 20.2 Å². The number of benzene rings is 1. The standard InChI is InChI=1S/C27H27N5O4/c1-17-12-18(14-28)6-7-20(17)16-35-25-5-3-4-21(29-25)19-8-10-32(11-9-19)15-24-30-26-22(31(24)2)13-23(36-26)27(33)34/h3-7,12-13,19H,8-11,15-16H2,1-2H3,(H,33,34). The zero-order valence-electron chi connectivity index (χ0n) is 20.3. The number of likely N-dealkylation sites (tertiary alicyclic amines) is 1. The fraction of sp³-hybridized carbons (Fsp3) is 0.333. The number of hydrogen-bond donors (Lipinski definition) is 1. The SMILES string of the molecule is Cc1cc(C#N)ccc1COc1cccc(C2CCN(Cc3nc4oc(C(=O)O)cc4n3C)CC2)n1. The molecule has 4 heterocycles. The van der Waals surface area contributed by atoms with Crippen molar-refractivity contribution < 1.29 is 19.1 Å². The molecular formula is C27H27N5O4. The Kier molecular flexibility index (Phi) is 6.44. The molecule has 5 rings (SSSR count). The largest absolute Gasteiger partial charge is 0.475 e. The first kappa shape index (κ1) is 23.6. The number of carboxylic acid groups (broad SMARTS) is 1. The molecule has 1 aliphatic heterocycles. The maximum Gasteiger partial charge on any atom is 0.371 e. The van der Waals surface area contributed by atoms with Crippen LogP contribution in [0.15, 0.2) is 46.9 Å². The van der Waals surface area contributed by atoms with Crippen molar-refractivity contribution in [3.05, 3.63) is 76.4 Å². The number of imidazole rings is 1. The van der Waals surface area contributed by atoms with Gasteiger partial charge in [0.05, 0.1) is 18.2 Å². The van der Waals surface area contributed by atoms with Crippen molar-refractivity contribution in [2.45, 2.75) is 38.8 Å². The van der Waals surface area contributed by atoms with Crippen LogP contribution in [0.25, 0.3) is 11.2 Å². The van der Waals surface area contributed by atoms with E-state index in [4.69, 9.17) is 24.5 Å². The summed E-state index contributed by atoms with van der Waals surface area (Å²) in [6.07, 6.45) is 1.96. The number of hydrogen-bond acceptors (Lipinski definition) is 7. The van der Waals surface area contributed by atoms with E-state index in [0.717, 1.165) is 48.6 Å². The molecule has 1 aromatic carbocycles. The van der Waals surface area contributed by atoms with Crippen molar-refractivity contribution in [2.75, 3.05) is 13.1 Å². The average molecular weight is 486 g/mol. The highest BCUT2D eigenvalue weighted by molar-refractivity contribution is 5.89. The summed E-state index contributed by atoms with van der Waals surface area (Å²) in [5.41, 5.74) is 4.80. The molecule has 0 spiro atoms. The first-order chi connectivity index (χ1) is 17.4. The van der Waals surface area contributed by atoms with E-state index < -0.39 is 5.97 Å². The summed E-state index contributed by atoms with van der Waals surface area (Å²) in [4.78, 5) is 22.8. The number of aryl methyl sites for hydroxylation is 2. The number of nitrogens with zero attached hydrogens (tertiary/aromatic N) is 5. The molecule has 4 aromatic rings. The summed E-state index contributed by atoms with van der Waals surface area (Å²) in [5.74, 6) is 0.628. The Bertz CT molecular complexity index is 1460. The first-order valence-corrected chi connectivity index (χ1v) is 11.9. The summed E-state index contributed by atoms with van der Waals surface area (Å²) in [6.45, 7) is 4.89. The number of carboxylic acids is 1. The minimum absolute atomic E-state index is 0.0961. The molecule has 36 heavy (non-hydrogen) atoms. The topological polar surface area (TPSA) is 117 Å². The molecule has 0 saturated carbocycles. The van der Waals surface area contributed by atoms with Gasteiger partial charge in [-0.1, -0.05) is 12.1 Å². The Hall–Kier alpha value is -4.16. The van der Waals surface area contributed by atoms with Gasteiger partial charge in [-0.3, -0.25) is 4.90 Å². The highest BCUT2D eigenvalue weighted by Crippen LogP contribution is 2.29. The number of fused-ring (bicyclic) bond motifs is 1. The molecule has 0 aliphatic carbocycles. The van der Waals surface area contributed by atoms with Gasteiger partial charge < -0.3 is 18.8 Å². The van der Waals surface area contributed by atoms with Crippen LogP contribution >= 0.6 is 0 Å². The maximum atomic E-state index is 11.1. The zero-order valence-corrected chi connectivity index (χ0v) is 20.3. The smallest absolute Gasteiger partial charge is 0.371 e. The van der Waals surface area contributed by atoms with Crippen LogP contribution in [-0.4, -0.2) is 43.6 Å². The van der Waals surface area contributed by atoms with E-state index in [2.05, 4.69) is 22.0 Å². The number of aromatic nitrogens is 3. The van der Waals surface area contributed by atoms with E-state index in [0.29, 0.717) is 41.7 Å². The van der Waals surface area contributed by atoms with Gasteiger partial charge in [-0.2, -0.15) is 10.2 Å². The van der Waals surface area contributed by atoms with Gasteiger partial charge in [0.15, 0.2) is 0 Å². The van der Waals surface area contributed by atoms with Crippen molar-refractivity contribution in [1.29, 1.82) is 5.26 Å². The van der Waals surface area contributed by atoms with Crippen LogP contribution in [0.5, 0.6) is 5.88 Å². The van der Waals surface area contributed by atoms with Gasteiger partial charge in [-0.25, -0.2) is 9.78 Å². The fourth-order valence-electron chi connectivity index (χ4n) is 4.67. The highest BCUT2D eigenvalue weighted by Gasteiger charge is 2.24. The van der Waals surface area contributed by atoms with Crippen LogP contribution in [0, 0.1) is 18.3 Å². The molecule has 1 N–H and O–H groups in total. The first-order valence-electron chi connectivity index (χ1n) is 11.9. The van der Waals surface area contributed by atoms with Crippen LogP contribution in [0.4, 0.5) is 0 Å². The minimum Gasteiger partial charge on any atom is -0.475 e. The Labute approximate surface area is 208 Å². The number of piperidine rings is 1. The molecule has 184 valence electrons. The monoisotopic (exact) mass is 485 g/mol. The lowest BCUT2D eigenvalue weighted by molar-refractivity contribution is 0.0664. The van der Waals surface area contributed by atoms with Gasteiger partial charge in [0.25, 0.3) is 0 Å². The predicted octanol–water partition coefficient (Wildman–Crippen LogP) is 4.40. The van der Waals surface area contributed by atoms with Crippen molar-refractivity contribution in [3.63, 3.8) is 0 Å². The van der Waals surface area contributed by atoms with Gasteiger partial charge in [-0.05, 0) is 62.2 Å². The Morgan fingerprint density at radius 3 is 2.72 bits per heavy atom. The van der Waals surface area contributed by atoms with Crippen molar-refractivity contribution in [1.82, 2.24) is 19.4 Å². The lowest BCUT2D eigenvalue weighted by Crippen LogP contribution is -2.33. The second-order valence-electron chi connectivity index (χ2n) is 9.19. The number of aromatic carboxylic acids is 1. The summed E-state index contributed by atoms with van der Waals surface area (Å²) in [6, 6.07) is 15.2. The number of ether oxygens (including phenoxy) is 1. The van der Waals surface area contributed by atoms with Crippen molar-refractivity contribution >= 4 is 17.2 Å². The van der Waals surface area contributed by atoms with E-state index in [1.807, 2.05) is 42.8 Å². The van der Waals surface area contributed by atoms with Crippen molar-refractivity contribution in [2.24, 2.45) is 7.05 Å². The van der Waals surface area contributed by atoms with Crippen LogP contribution in [0.1, 0.15) is 57.5 Å². The summed E-state index contributed by atoms with van der Waals surface area (Å²) in [5, 5.41) is 18.2. The van der Waals surface area contributed by atoms with Gasteiger partial charge in [0.2, 0.25) is 17.4 Å². The Morgan fingerprint density at radius 1 is 1.22 bits per heavy atom. The molecule has 1 fully saturated rings. The van der Waals surface area contributed by atoms with Crippen LogP contribution < -0.4 is 4.74 Å². The van der Waals surface area contributed by atoms with E-state index in [-0.39, 0.29) is 5.76 Å². The quantitative estimate of drug-likeness (QED) is 0.409. The molecule has 9 heteroatoms. The molecule has 0 bridgehead atoms. The lowest BCUT2D eigenvalue weighted by atomic mass is 9.93. The number of pyridine rings is 1. The third kappa shape index (κ3) is 4.81. The van der Waals surface area contributed by atoms with Gasteiger partial charge in [0, 0.05) is 30.8 Å². The summed E-state index contributed by atoms with van der Waals surface area (Å²) < 4.78 is 13.2. The van der Waals surface area contributed by atoms with E-state index in [9.17, 15) is 4.79 Å². The number of nitriles is 1. The second kappa shape index (κ2) is 9.84. The highest BCUT2D eigenvalue weighted by atomic mass is 16.5. The molecular weight excluding hydrogens is 458 g/mol. The fourth-order valence-corrected chi connectivity index (χ4v) is 4.67. The van der Waals surface area contributed by atoms with Gasteiger partial charge >= 0.3 is 5.97 Å². The van der Waals surface area contributed by atoms with Crippen LogP contribution in [0.3, 0.4) is 0 Å². The number of furan rings is 1. The zero-order chi connectivity index (χ0) is 25.2. The molecule has 9 nitrogen and oxygen atoms in total. The normalized spacial score (nSPS) is 14.7.